The summed E-state index contributed by atoms with van der Waals surface area (Å²) >= 11 is 0. The fraction of sp³-hybridized carbons (Fsp3) is 0.273. The molecule has 0 unspecified atom stereocenters. The predicted octanol–water partition coefficient (Wildman–Crippen LogP) is 4.39. The van der Waals surface area contributed by atoms with Crippen LogP contribution in [0.2, 0.25) is 0 Å². The Kier molecular flexibility index (Phi) is 6.26. The normalized spacial score (nSPS) is 11.4. The van der Waals surface area contributed by atoms with E-state index >= 15 is 0 Å². The van der Waals surface area contributed by atoms with Gasteiger partial charge in [-0.3, -0.25) is 15.0 Å². The molecule has 0 aromatic carbocycles. The van der Waals surface area contributed by atoms with E-state index in [4.69, 9.17) is 9.82 Å². The summed E-state index contributed by atoms with van der Waals surface area (Å²) in [6.07, 6.45) is 2.77. The Labute approximate surface area is 160 Å². The second kappa shape index (κ2) is 9.03. The lowest BCUT2D eigenvalue weighted by Gasteiger charge is -2.06. The van der Waals surface area contributed by atoms with E-state index in [1.54, 1.807) is 7.11 Å². The minimum absolute atomic E-state index is 0.777. The Hall–Kier alpha value is -3.08. The molecule has 0 aliphatic rings. The molecule has 3 heterocycles. The van der Waals surface area contributed by atoms with Crippen molar-refractivity contribution in [3.8, 4) is 11.4 Å². The highest BCUT2D eigenvalue weighted by Crippen LogP contribution is 2.16. The van der Waals surface area contributed by atoms with Gasteiger partial charge in [0.05, 0.1) is 17.1 Å². The van der Waals surface area contributed by atoms with E-state index in [1.165, 1.54) is 0 Å². The molecule has 27 heavy (non-hydrogen) atoms. The molecule has 0 atom stereocenters. The molecule has 0 aliphatic carbocycles. The molecule has 3 aromatic heterocycles. The second-order valence-corrected chi connectivity index (χ2v) is 6.41. The van der Waals surface area contributed by atoms with Crippen LogP contribution >= 0.6 is 0 Å². The summed E-state index contributed by atoms with van der Waals surface area (Å²) in [7, 11) is 1.54. The molecule has 0 bridgehead atoms. The highest BCUT2D eigenvalue weighted by Gasteiger charge is 2.05. The van der Waals surface area contributed by atoms with Crippen molar-refractivity contribution in [1.29, 1.82) is 0 Å². The van der Waals surface area contributed by atoms with Gasteiger partial charge < -0.3 is 4.84 Å². The van der Waals surface area contributed by atoms with Crippen molar-refractivity contribution in [3.63, 3.8) is 0 Å². The first kappa shape index (κ1) is 18.7. The molecule has 0 radical (unpaired) electrons. The summed E-state index contributed by atoms with van der Waals surface area (Å²) in [5, 5.41) is 3.95. The molecule has 0 saturated carbocycles. The van der Waals surface area contributed by atoms with Gasteiger partial charge in [0.1, 0.15) is 12.8 Å². The molecule has 0 N–H and O–H groups in total. The van der Waals surface area contributed by atoms with E-state index in [0.29, 0.717) is 0 Å². The van der Waals surface area contributed by atoms with Crippen LogP contribution in [0.4, 0.5) is 0 Å². The zero-order valence-electron chi connectivity index (χ0n) is 16.0. The standard InChI is InChI=1S/C22H24N4O/c1-16-8-4-14-21(23-16)22-15-7-12-19(25-22)10-5-9-18-11-6-13-20(24-18)17(2)26-27-3/h4,6-8,11-15H,5,9-10H2,1-3H3/b26-17-. The van der Waals surface area contributed by atoms with Gasteiger partial charge in [-0.15, -0.1) is 0 Å². The third-order valence-corrected chi connectivity index (χ3v) is 4.23. The average molecular weight is 360 g/mol. The van der Waals surface area contributed by atoms with Gasteiger partial charge in [-0.1, -0.05) is 23.4 Å². The number of aromatic nitrogens is 3. The number of nitrogens with zero attached hydrogens (tertiary/aromatic N) is 4. The number of oxime groups is 1. The maximum Gasteiger partial charge on any atom is 0.106 e. The molecular formula is C22H24N4O. The lowest BCUT2D eigenvalue weighted by molar-refractivity contribution is 0.213. The number of aryl methyl sites for hydroxylation is 3. The van der Waals surface area contributed by atoms with E-state index in [2.05, 4.69) is 21.2 Å². The van der Waals surface area contributed by atoms with Gasteiger partial charge in [-0.25, -0.2) is 0 Å². The summed E-state index contributed by atoms with van der Waals surface area (Å²) in [5.41, 5.74) is 6.58. The van der Waals surface area contributed by atoms with Crippen molar-refractivity contribution in [2.45, 2.75) is 33.1 Å². The molecule has 5 nitrogen and oxygen atoms in total. The summed E-state index contributed by atoms with van der Waals surface area (Å²) in [5.74, 6) is 0. The zero-order chi connectivity index (χ0) is 19.1. The first-order chi connectivity index (χ1) is 13.2. The zero-order valence-corrected chi connectivity index (χ0v) is 16.0. The second-order valence-electron chi connectivity index (χ2n) is 6.41. The Morgan fingerprint density at radius 2 is 1.48 bits per heavy atom. The predicted molar refractivity (Wildman–Crippen MR) is 108 cm³/mol. The van der Waals surface area contributed by atoms with Crippen molar-refractivity contribution in [3.05, 3.63) is 77.4 Å². The molecule has 5 heteroatoms. The van der Waals surface area contributed by atoms with Gasteiger partial charge in [-0.05, 0) is 69.5 Å². The van der Waals surface area contributed by atoms with Crippen molar-refractivity contribution in [1.82, 2.24) is 15.0 Å². The van der Waals surface area contributed by atoms with E-state index in [0.717, 1.165) is 59.1 Å². The maximum absolute atomic E-state index is 4.83. The Morgan fingerprint density at radius 3 is 2.19 bits per heavy atom. The van der Waals surface area contributed by atoms with Gasteiger partial charge >= 0.3 is 0 Å². The largest absolute Gasteiger partial charge is 0.399 e. The van der Waals surface area contributed by atoms with E-state index in [1.807, 2.05) is 62.4 Å². The van der Waals surface area contributed by atoms with Crippen LogP contribution in [0.5, 0.6) is 0 Å². The minimum atomic E-state index is 0.777. The van der Waals surface area contributed by atoms with Crippen molar-refractivity contribution in [2.75, 3.05) is 7.11 Å². The van der Waals surface area contributed by atoms with Crippen molar-refractivity contribution >= 4 is 5.71 Å². The van der Waals surface area contributed by atoms with Gasteiger partial charge in [0, 0.05) is 17.1 Å². The van der Waals surface area contributed by atoms with Crippen molar-refractivity contribution in [2.24, 2.45) is 5.16 Å². The first-order valence-corrected chi connectivity index (χ1v) is 9.10. The van der Waals surface area contributed by atoms with E-state index in [-0.39, 0.29) is 0 Å². The van der Waals surface area contributed by atoms with Crippen LogP contribution in [0, 0.1) is 6.92 Å². The van der Waals surface area contributed by atoms with E-state index < -0.39 is 0 Å². The van der Waals surface area contributed by atoms with Crippen LogP contribution in [0.15, 0.2) is 59.8 Å². The fourth-order valence-corrected chi connectivity index (χ4v) is 2.90. The lowest BCUT2D eigenvalue weighted by atomic mass is 10.1. The van der Waals surface area contributed by atoms with Gasteiger partial charge in [0.25, 0.3) is 0 Å². The Morgan fingerprint density at radius 1 is 0.852 bits per heavy atom. The smallest absolute Gasteiger partial charge is 0.106 e. The average Bonchev–Trinajstić information content (AvgIpc) is 2.69. The summed E-state index contributed by atoms with van der Waals surface area (Å²) in [6.45, 7) is 3.89. The molecule has 0 saturated heterocycles. The number of pyridine rings is 3. The highest BCUT2D eigenvalue weighted by molar-refractivity contribution is 5.96. The quantitative estimate of drug-likeness (QED) is 0.463. The van der Waals surface area contributed by atoms with Crippen LogP contribution in [0.1, 0.15) is 36.1 Å². The molecule has 138 valence electrons. The molecule has 0 fully saturated rings. The molecule has 3 rings (SSSR count). The molecule has 0 aliphatic heterocycles. The SMILES string of the molecule is CO/N=C(/C)c1cccc(CCCc2cccc(-c3cccc(C)n3)n2)n1. The molecule has 0 spiro atoms. The van der Waals surface area contributed by atoms with Crippen LogP contribution in [-0.2, 0) is 17.7 Å². The fourth-order valence-electron chi connectivity index (χ4n) is 2.90. The first-order valence-electron chi connectivity index (χ1n) is 9.10. The third-order valence-electron chi connectivity index (χ3n) is 4.23. The Balaban J connectivity index is 1.64. The summed E-state index contributed by atoms with van der Waals surface area (Å²) in [4.78, 5) is 18.8. The topological polar surface area (TPSA) is 60.3 Å². The lowest BCUT2D eigenvalue weighted by Crippen LogP contribution is -2.03. The van der Waals surface area contributed by atoms with Crippen molar-refractivity contribution < 1.29 is 4.84 Å². The Bertz CT molecular complexity index is 937. The highest BCUT2D eigenvalue weighted by atomic mass is 16.6. The monoisotopic (exact) mass is 360 g/mol. The van der Waals surface area contributed by atoms with Gasteiger partial charge in [0.2, 0.25) is 0 Å². The summed E-state index contributed by atoms with van der Waals surface area (Å²) < 4.78 is 0. The van der Waals surface area contributed by atoms with E-state index in [9.17, 15) is 0 Å². The molecule has 0 amide bonds. The minimum Gasteiger partial charge on any atom is -0.399 e. The maximum atomic E-state index is 4.83. The van der Waals surface area contributed by atoms with Gasteiger partial charge in [0.15, 0.2) is 0 Å². The van der Waals surface area contributed by atoms with Crippen LogP contribution in [-0.4, -0.2) is 27.8 Å². The third kappa shape index (κ3) is 5.20. The molecule has 3 aromatic rings. The number of rotatable bonds is 7. The molecular weight excluding hydrogens is 336 g/mol. The van der Waals surface area contributed by atoms with Gasteiger partial charge in [-0.2, -0.15) is 0 Å². The van der Waals surface area contributed by atoms with Crippen LogP contribution in [0.25, 0.3) is 11.4 Å². The number of hydrogen-bond acceptors (Lipinski definition) is 5. The van der Waals surface area contributed by atoms with Crippen LogP contribution in [0.3, 0.4) is 0 Å². The number of hydrogen-bond donors (Lipinski definition) is 0. The van der Waals surface area contributed by atoms with Crippen LogP contribution < -0.4 is 0 Å². The summed E-state index contributed by atoms with van der Waals surface area (Å²) in [6, 6.07) is 18.1.